The fraction of sp³-hybridized carbons (Fsp3) is 0.500. The second-order valence-corrected chi connectivity index (χ2v) is 8.95. The predicted octanol–water partition coefficient (Wildman–Crippen LogP) is 2.17. The van der Waals surface area contributed by atoms with E-state index in [1.807, 2.05) is 19.1 Å². The average molecular weight is 407 g/mol. The van der Waals surface area contributed by atoms with Crippen molar-refractivity contribution in [2.45, 2.75) is 51.0 Å². The zero-order valence-electron chi connectivity index (χ0n) is 16.4. The maximum absolute atomic E-state index is 12.5. The third-order valence-corrected chi connectivity index (χ3v) is 6.96. The van der Waals surface area contributed by atoms with Gasteiger partial charge in [0.2, 0.25) is 0 Å². The molecule has 2 aliphatic heterocycles. The monoisotopic (exact) mass is 407 g/mol. The second-order valence-electron chi connectivity index (χ2n) is 6.90. The van der Waals surface area contributed by atoms with Crippen LogP contribution in [0, 0.1) is 0 Å². The quantitative estimate of drug-likeness (QED) is 0.320. The molecule has 2 aliphatic rings. The molecule has 2 heterocycles. The number of hydrogen-bond acceptors (Lipinski definition) is 7. The van der Waals surface area contributed by atoms with Gasteiger partial charge in [0.1, 0.15) is 0 Å². The van der Waals surface area contributed by atoms with Crippen molar-refractivity contribution >= 4 is 27.5 Å². The summed E-state index contributed by atoms with van der Waals surface area (Å²) < 4.78 is 35.1. The molecule has 7 nitrogen and oxygen atoms in total. The number of sulfone groups is 1. The van der Waals surface area contributed by atoms with Crippen LogP contribution in [-0.2, 0) is 41.7 Å². The molecule has 1 atom stereocenters. The van der Waals surface area contributed by atoms with Crippen LogP contribution in [0.4, 0.5) is 5.69 Å². The molecule has 3 rings (SSSR count). The van der Waals surface area contributed by atoms with Crippen LogP contribution < -0.4 is 4.90 Å². The SMILES string of the molecule is CCOC(=O)C(=CN1c2ccc3c(c2CCC1C)S(=O)(=O)CC3)C(=O)OCC. The third-order valence-electron chi connectivity index (χ3n) is 5.09. The Balaban J connectivity index is 2.11. The van der Waals surface area contributed by atoms with Crippen LogP contribution in [0.25, 0.3) is 0 Å². The molecule has 8 heteroatoms. The molecule has 0 saturated carbocycles. The van der Waals surface area contributed by atoms with Gasteiger partial charge < -0.3 is 14.4 Å². The maximum Gasteiger partial charge on any atom is 0.347 e. The lowest BCUT2D eigenvalue weighted by molar-refractivity contribution is -0.146. The van der Waals surface area contributed by atoms with E-state index in [-0.39, 0.29) is 30.6 Å². The number of carbonyl (C=O) groups is 2. The molecule has 0 saturated heterocycles. The molecule has 0 aromatic heterocycles. The Bertz CT molecular complexity index is 914. The first-order valence-electron chi connectivity index (χ1n) is 9.52. The fourth-order valence-electron chi connectivity index (χ4n) is 3.75. The first-order valence-corrected chi connectivity index (χ1v) is 11.2. The summed E-state index contributed by atoms with van der Waals surface area (Å²) in [5, 5.41) is 0. The molecule has 1 aromatic carbocycles. The number of ether oxygens (including phenoxy) is 2. The van der Waals surface area contributed by atoms with Crippen molar-refractivity contribution < 1.29 is 27.5 Å². The zero-order chi connectivity index (χ0) is 20.5. The Morgan fingerprint density at radius 1 is 1.14 bits per heavy atom. The highest BCUT2D eigenvalue weighted by Crippen LogP contribution is 2.40. The topological polar surface area (TPSA) is 90.0 Å². The number of rotatable bonds is 5. The summed E-state index contributed by atoms with van der Waals surface area (Å²) in [6, 6.07) is 3.68. The molecule has 0 fully saturated rings. The van der Waals surface area contributed by atoms with Crippen molar-refractivity contribution in [3.63, 3.8) is 0 Å². The summed E-state index contributed by atoms with van der Waals surface area (Å²) in [6.07, 6.45) is 3.30. The largest absolute Gasteiger partial charge is 0.462 e. The summed E-state index contributed by atoms with van der Waals surface area (Å²) in [5.41, 5.74) is 2.10. The van der Waals surface area contributed by atoms with Gasteiger partial charge in [0.25, 0.3) is 0 Å². The van der Waals surface area contributed by atoms with Gasteiger partial charge in [0, 0.05) is 17.9 Å². The normalized spacial score (nSPS) is 19.4. The molecule has 1 unspecified atom stereocenters. The summed E-state index contributed by atoms with van der Waals surface area (Å²) >= 11 is 0. The van der Waals surface area contributed by atoms with Gasteiger partial charge in [0.15, 0.2) is 15.4 Å². The Kier molecular flexibility index (Phi) is 5.79. The van der Waals surface area contributed by atoms with E-state index in [2.05, 4.69) is 0 Å². The van der Waals surface area contributed by atoms with Crippen LogP contribution >= 0.6 is 0 Å². The van der Waals surface area contributed by atoms with E-state index in [1.165, 1.54) is 6.20 Å². The Morgan fingerprint density at radius 3 is 2.39 bits per heavy atom. The number of benzene rings is 1. The standard InChI is InChI=1S/C20H25NO6S/c1-4-26-19(22)16(20(23)27-5-2)12-21-13(3)6-8-15-17(21)9-7-14-10-11-28(24,25)18(14)15/h7,9,12-13H,4-6,8,10-11H2,1-3H3. The lowest BCUT2D eigenvalue weighted by Crippen LogP contribution is -2.35. The fourth-order valence-corrected chi connectivity index (χ4v) is 5.60. The Morgan fingerprint density at radius 2 is 1.79 bits per heavy atom. The highest BCUT2D eigenvalue weighted by atomic mass is 32.2. The van der Waals surface area contributed by atoms with Crippen LogP contribution in [0.5, 0.6) is 0 Å². The van der Waals surface area contributed by atoms with Crippen molar-refractivity contribution in [3.05, 3.63) is 35.0 Å². The molecule has 0 aliphatic carbocycles. The number of hydrogen-bond donors (Lipinski definition) is 0. The average Bonchev–Trinajstić information content (AvgIpc) is 2.96. The first kappa shape index (κ1) is 20.4. The molecule has 1 aromatic rings. The number of aryl methyl sites for hydroxylation is 1. The van der Waals surface area contributed by atoms with Crippen molar-refractivity contribution in [3.8, 4) is 0 Å². The Hall–Kier alpha value is -2.35. The van der Waals surface area contributed by atoms with E-state index in [0.717, 1.165) is 11.1 Å². The molecular formula is C20H25NO6S. The highest BCUT2D eigenvalue weighted by molar-refractivity contribution is 7.91. The van der Waals surface area contributed by atoms with Crippen molar-refractivity contribution in [2.24, 2.45) is 0 Å². The van der Waals surface area contributed by atoms with Crippen molar-refractivity contribution in [2.75, 3.05) is 23.9 Å². The molecule has 0 N–H and O–H groups in total. The zero-order valence-corrected chi connectivity index (χ0v) is 17.2. The highest BCUT2D eigenvalue weighted by Gasteiger charge is 2.35. The molecule has 0 radical (unpaired) electrons. The summed E-state index contributed by atoms with van der Waals surface area (Å²) in [6.45, 7) is 5.55. The van der Waals surface area contributed by atoms with Gasteiger partial charge in [-0.05, 0) is 57.2 Å². The van der Waals surface area contributed by atoms with Crippen LogP contribution in [-0.4, -0.2) is 45.4 Å². The molecule has 0 spiro atoms. The van der Waals surface area contributed by atoms with Crippen LogP contribution in [0.2, 0.25) is 0 Å². The van der Waals surface area contributed by atoms with Gasteiger partial charge in [-0.25, -0.2) is 18.0 Å². The van der Waals surface area contributed by atoms with E-state index < -0.39 is 21.8 Å². The van der Waals surface area contributed by atoms with E-state index >= 15 is 0 Å². The molecule has 28 heavy (non-hydrogen) atoms. The van der Waals surface area contributed by atoms with Crippen LogP contribution in [0.3, 0.4) is 0 Å². The lowest BCUT2D eigenvalue weighted by Gasteiger charge is -2.35. The van der Waals surface area contributed by atoms with Gasteiger partial charge in [-0.1, -0.05) is 6.07 Å². The minimum absolute atomic E-state index is 0.0199. The molecule has 0 amide bonds. The third kappa shape index (κ3) is 3.65. The second kappa shape index (κ2) is 7.95. The van der Waals surface area contributed by atoms with Crippen molar-refractivity contribution in [1.29, 1.82) is 0 Å². The predicted molar refractivity (Wildman–Crippen MR) is 104 cm³/mol. The van der Waals surface area contributed by atoms with Gasteiger partial charge >= 0.3 is 11.9 Å². The number of anilines is 1. The number of carbonyl (C=O) groups excluding carboxylic acids is 2. The summed E-state index contributed by atoms with van der Waals surface area (Å²) in [7, 11) is -3.30. The summed E-state index contributed by atoms with van der Waals surface area (Å²) in [4.78, 5) is 26.9. The molecule has 0 bridgehead atoms. The maximum atomic E-state index is 12.5. The van der Waals surface area contributed by atoms with Crippen LogP contribution in [0.15, 0.2) is 28.8 Å². The number of nitrogens with zero attached hydrogens (tertiary/aromatic N) is 1. The van der Waals surface area contributed by atoms with E-state index in [9.17, 15) is 18.0 Å². The minimum Gasteiger partial charge on any atom is -0.462 e. The number of fused-ring (bicyclic) bond motifs is 3. The molecular weight excluding hydrogens is 382 g/mol. The first-order chi connectivity index (χ1) is 13.3. The van der Waals surface area contributed by atoms with E-state index in [0.29, 0.717) is 29.8 Å². The Labute approximate surface area is 165 Å². The van der Waals surface area contributed by atoms with Gasteiger partial charge in [-0.3, -0.25) is 0 Å². The van der Waals surface area contributed by atoms with Gasteiger partial charge in [-0.2, -0.15) is 0 Å². The lowest BCUT2D eigenvalue weighted by atomic mass is 9.94. The van der Waals surface area contributed by atoms with Crippen LogP contribution in [0.1, 0.15) is 38.3 Å². The number of esters is 2. The van der Waals surface area contributed by atoms with E-state index in [4.69, 9.17) is 9.47 Å². The summed E-state index contributed by atoms with van der Waals surface area (Å²) in [5.74, 6) is -1.38. The molecule has 152 valence electrons. The minimum atomic E-state index is -3.30. The smallest absolute Gasteiger partial charge is 0.347 e. The van der Waals surface area contributed by atoms with Crippen molar-refractivity contribution in [1.82, 2.24) is 0 Å². The van der Waals surface area contributed by atoms with E-state index in [1.54, 1.807) is 18.7 Å². The van der Waals surface area contributed by atoms with Gasteiger partial charge in [0.05, 0.1) is 23.9 Å². The van der Waals surface area contributed by atoms with Gasteiger partial charge in [-0.15, -0.1) is 0 Å².